The molecule has 32 heavy (non-hydrogen) atoms. The molecule has 3 aromatic carbocycles. The highest BCUT2D eigenvalue weighted by Gasteiger charge is 2.12. The Balaban J connectivity index is 1.22. The summed E-state index contributed by atoms with van der Waals surface area (Å²) in [5, 5.41) is 16.3. The second kappa shape index (κ2) is 11.1. The number of nitrogens with one attached hydrogen (secondary N) is 2. The van der Waals surface area contributed by atoms with E-state index in [4.69, 9.17) is 0 Å². The predicted molar refractivity (Wildman–Crippen MR) is 134 cm³/mol. The van der Waals surface area contributed by atoms with Gasteiger partial charge in [-0.1, -0.05) is 89.8 Å². The molecule has 162 valence electrons. The molecular weight excluding hydrogens is 460 g/mol. The number of aromatic nitrogens is 2. The summed E-state index contributed by atoms with van der Waals surface area (Å²) in [5.41, 5.74) is 1.97. The minimum atomic E-state index is -0.121. The van der Waals surface area contributed by atoms with Crippen LogP contribution in [-0.4, -0.2) is 33.5 Å². The van der Waals surface area contributed by atoms with Crippen molar-refractivity contribution >= 4 is 68.3 Å². The van der Waals surface area contributed by atoms with Crippen molar-refractivity contribution in [1.82, 2.24) is 10.2 Å². The van der Waals surface area contributed by atoms with E-state index in [1.54, 1.807) is 11.8 Å². The van der Waals surface area contributed by atoms with Crippen LogP contribution >= 0.6 is 34.9 Å². The zero-order chi connectivity index (χ0) is 22.2. The van der Waals surface area contributed by atoms with E-state index in [-0.39, 0.29) is 17.6 Å². The van der Waals surface area contributed by atoms with E-state index >= 15 is 0 Å². The Hall–Kier alpha value is -2.88. The lowest BCUT2D eigenvalue weighted by molar-refractivity contribution is -0.114. The molecule has 0 spiro atoms. The lowest BCUT2D eigenvalue weighted by Crippen LogP contribution is -2.14. The number of nitrogens with zero attached hydrogens (tertiary/aromatic N) is 2. The maximum absolute atomic E-state index is 12.4. The first-order valence-corrected chi connectivity index (χ1v) is 12.8. The first-order valence-electron chi connectivity index (χ1n) is 9.83. The molecule has 0 radical (unpaired) electrons. The first-order chi connectivity index (χ1) is 15.7. The Bertz CT molecular complexity index is 1210. The number of carbonyl (C=O) groups is 2. The number of amides is 2. The van der Waals surface area contributed by atoms with Crippen molar-refractivity contribution in [2.45, 2.75) is 10.1 Å². The third-order valence-electron chi connectivity index (χ3n) is 4.39. The fourth-order valence-electron chi connectivity index (χ4n) is 2.96. The van der Waals surface area contributed by atoms with Crippen LogP contribution in [0.15, 0.2) is 77.1 Å². The molecule has 2 N–H and O–H groups in total. The molecule has 2 amide bonds. The number of fused-ring (bicyclic) bond motifs is 1. The SMILES string of the molecule is O=C(CSCc1ccccc1)Nc1nnc(SCC(=O)Nc2cccc3ccccc23)s1. The monoisotopic (exact) mass is 480 g/mol. The van der Waals surface area contributed by atoms with Gasteiger partial charge < -0.3 is 5.32 Å². The van der Waals surface area contributed by atoms with Crippen molar-refractivity contribution in [3.63, 3.8) is 0 Å². The van der Waals surface area contributed by atoms with E-state index < -0.39 is 0 Å². The average Bonchev–Trinajstić information content (AvgIpc) is 3.26. The molecule has 0 saturated heterocycles. The van der Waals surface area contributed by atoms with Crippen molar-refractivity contribution < 1.29 is 9.59 Å². The van der Waals surface area contributed by atoms with Gasteiger partial charge >= 0.3 is 0 Å². The summed E-state index contributed by atoms with van der Waals surface area (Å²) in [4.78, 5) is 24.5. The topological polar surface area (TPSA) is 84.0 Å². The fraction of sp³-hybridized carbons (Fsp3) is 0.130. The van der Waals surface area contributed by atoms with Gasteiger partial charge in [-0.05, 0) is 17.0 Å². The van der Waals surface area contributed by atoms with Crippen LogP contribution in [0.3, 0.4) is 0 Å². The van der Waals surface area contributed by atoms with E-state index in [1.807, 2.05) is 72.8 Å². The van der Waals surface area contributed by atoms with E-state index in [1.165, 1.54) is 28.7 Å². The van der Waals surface area contributed by atoms with Crippen molar-refractivity contribution in [1.29, 1.82) is 0 Å². The van der Waals surface area contributed by atoms with Crippen LogP contribution in [0.4, 0.5) is 10.8 Å². The second-order valence-corrected chi connectivity index (χ2v) is 9.95. The molecule has 4 aromatic rings. The van der Waals surface area contributed by atoms with E-state index in [0.29, 0.717) is 15.2 Å². The minimum Gasteiger partial charge on any atom is -0.325 e. The maximum atomic E-state index is 12.4. The van der Waals surface area contributed by atoms with E-state index in [9.17, 15) is 9.59 Å². The molecular formula is C23H20N4O2S3. The largest absolute Gasteiger partial charge is 0.325 e. The fourth-order valence-corrected chi connectivity index (χ4v) is 5.31. The van der Waals surface area contributed by atoms with Crippen LogP contribution in [0, 0.1) is 0 Å². The molecule has 9 heteroatoms. The summed E-state index contributed by atoms with van der Waals surface area (Å²) in [5.74, 6) is 1.08. The minimum absolute atomic E-state index is 0.118. The van der Waals surface area contributed by atoms with Gasteiger partial charge in [0.15, 0.2) is 4.34 Å². The highest BCUT2D eigenvalue weighted by Crippen LogP contribution is 2.27. The Labute approximate surface area is 198 Å². The number of carbonyl (C=O) groups excluding carboxylic acids is 2. The van der Waals surface area contributed by atoms with Gasteiger partial charge in [0.05, 0.1) is 11.5 Å². The van der Waals surface area contributed by atoms with Crippen molar-refractivity contribution in [3.05, 3.63) is 78.4 Å². The molecule has 0 bridgehead atoms. The van der Waals surface area contributed by atoms with Gasteiger partial charge in [0.1, 0.15) is 0 Å². The van der Waals surface area contributed by atoms with E-state index in [2.05, 4.69) is 20.8 Å². The zero-order valence-electron chi connectivity index (χ0n) is 17.0. The summed E-state index contributed by atoms with van der Waals surface area (Å²) < 4.78 is 0.630. The Kier molecular flexibility index (Phi) is 7.76. The number of hydrogen-bond acceptors (Lipinski definition) is 7. The van der Waals surface area contributed by atoms with Gasteiger partial charge in [0, 0.05) is 16.8 Å². The molecule has 6 nitrogen and oxygen atoms in total. The molecule has 0 aliphatic heterocycles. The Morgan fingerprint density at radius 3 is 2.44 bits per heavy atom. The maximum Gasteiger partial charge on any atom is 0.236 e. The average molecular weight is 481 g/mol. The highest BCUT2D eigenvalue weighted by molar-refractivity contribution is 8.01. The van der Waals surface area contributed by atoms with Crippen molar-refractivity contribution in [3.8, 4) is 0 Å². The van der Waals surface area contributed by atoms with Gasteiger partial charge in [-0.3, -0.25) is 14.9 Å². The van der Waals surface area contributed by atoms with Gasteiger partial charge in [0.25, 0.3) is 0 Å². The second-order valence-electron chi connectivity index (χ2n) is 6.76. The summed E-state index contributed by atoms with van der Waals surface area (Å²) in [7, 11) is 0. The molecule has 1 heterocycles. The van der Waals surface area contributed by atoms with Gasteiger partial charge in [-0.15, -0.1) is 22.0 Å². The highest BCUT2D eigenvalue weighted by atomic mass is 32.2. The third kappa shape index (κ3) is 6.32. The molecule has 0 saturated carbocycles. The number of thioether (sulfide) groups is 2. The molecule has 0 atom stereocenters. The number of anilines is 2. The smallest absolute Gasteiger partial charge is 0.236 e. The summed E-state index contributed by atoms with van der Waals surface area (Å²) in [6.07, 6.45) is 0. The summed E-state index contributed by atoms with van der Waals surface area (Å²) >= 11 is 4.10. The predicted octanol–water partition coefficient (Wildman–Crippen LogP) is 5.29. The number of benzene rings is 3. The number of rotatable bonds is 9. The lowest BCUT2D eigenvalue weighted by Gasteiger charge is -2.08. The van der Waals surface area contributed by atoms with Gasteiger partial charge in [-0.2, -0.15) is 0 Å². The molecule has 0 aliphatic rings. The van der Waals surface area contributed by atoms with Crippen LogP contribution in [0.25, 0.3) is 10.8 Å². The molecule has 1 aromatic heterocycles. The van der Waals surface area contributed by atoms with Gasteiger partial charge in [0.2, 0.25) is 16.9 Å². The summed E-state index contributed by atoms with van der Waals surface area (Å²) in [6.45, 7) is 0. The third-order valence-corrected chi connectivity index (χ3v) is 7.36. The van der Waals surface area contributed by atoms with Crippen molar-refractivity contribution in [2.24, 2.45) is 0 Å². The van der Waals surface area contributed by atoms with Crippen LogP contribution in [0.1, 0.15) is 5.56 Å². The quantitative estimate of drug-likeness (QED) is 0.250. The van der Waals surface area contributed by atoms with Crippen LogP contribution in [0.2, 0.25) is 0 Å². The summed E-state index contributed by atoms with van der Waals surface area (Å²) in [6, 6.07) is 23.7. The molecule has 4 rings (SSSR count). The number of hydrogen-bond donors (Lipinski definition) is 2. The first kappa shape index (κ1) is 22.3. The van der Waals surface area contributed by atoms with Crippen molar-refractivity contribution in [2.75, 3.05) is 22.1 Å². The van der Waals surface area contributed by atoms with E-state index in [0.717, 1.165) is 22.2 Å². The normalized spacial score (nSPS) is 10.8. The van der Waals surface area contributed by atoms with Crippen LogP contribution < -0.4 is 10.6 Å². The molecule has 0 aliphatic carbocycles. The van der Waals surface area contributed by atoms with Gasteiger partial charge in [-0.25, -0.2) is 0 Å². The zero-order valence-corrected chi connectivity index (χ0v) is 19.4. The molecule has 0 fully saturated rings. The van der Waals surface area contributed by atoms with Crippen LogP contribution in [-0.2, 0) is 15.3 Å². The lowest BCUT2D eigenvalue weighted by atomic mass is 10.1. The standard InChI is InChI=1S/C23H20N4O2S3/c28-20(14-30-13-16-7-2-1-3-8-16)25-22-26-27-23(32-22)31-15-21(29)24-19-12-6-10-17-9-4-5-11-18(17)19/h1-12H,13-15H2,(H,24,29)(H,25,26,28). The Morgan fingerprint density at radius 1 is 0.812 bits per heavy atom. The molecule has 0 unspecified atom stereocenters. The van der Waals surface area contributed by atoms with Crippen LogP contribution in [0.5, 0.6) is 0 Å². The Morgan fingerprint density at radius 2 is 1.56 bits per heavy atom.